The summed E-state index contributed by atoms with van der Waals surface area (Å²) in [5, 5.41) is 14.7. The van der Waals surface area contributed by atoms with Crippen LogP contribution >= 0.6 is 0 Å². The first kappa shape index (κ1) is 17.6. The Labute approximate surface area is 126 Å². The summed E-state index contributed by atoms with van der Waals surface area (Å²) in [5.74, 6) is -0.490. The molecule has 3 N–H and O–H groups in total. The van der Waals surface area contributed by atoms with E-state index >= 15 is 0 Å². The maximum Gasteiger partial charge on any atom is 0.319 e. The molecule has 2 amide bonds. The lowest BCUT2D eigenvalue weighted by Gasteiger charge is -2.14. The fourth-order valence-electron chi connectivity index (χ4n) is 1.65. The predicted molar refractivity (Wildman–Crippen MR) is 81.2 cm³/mol. The Morgan fingerprint density at radius 1 is 1.43 bits per heavy atom. The molecule has 0 spiro atoms. The molecule has 0 aliphatic heterocycles. The van der Waals surface area contributed by atoms with Gasteiger partial charge in [0.15, 0.2) is 0 Å². The highest BCUT2D eigenvalue weighted by Crippen LogP contribution is 2.16. The molecular weight excluding hydrogens is 295 g/mol. The molecule has 0 fully saturated rings. The van der Waals surface area contributed by atoms with Crippen LogP contribution in [0.3, 0.4) is 0 Å². The lowest BCUT2D eigenvalue weighted by molar-refractivity contribution is 0.117. The van der Waals surface area contributed by atoms with E-state index in [1.54, 1.807) is 0 Å². The van der Waals surface area contributed by atoms with Crippen LogP contribution in [0.2, 0.25) is 0 Å². The van der Waals surface area contributed by atoms with Crippen molar-refractivity contribution in [3.8, 4) is 0 Å². The molecule has 7 heteroatoms. The smallest absolute Gasteiger partial charge is 0.319 e. The number of anilines is 1. The van der Waals surface area contributed by atoms with Crippen LogP contribution in [-0.2, 0) is 10.8 Å². The second kappa shape index (κ2) is 8.09. The van der Waals surface area contributed by atoms with Gasteiger partial charge >= 0.3 is 6.03 Å². The highest BCUT2D eigenvalue weighted by molar-refractivity contribution is 7.84. The largest absolute Gasteiger partial charge is 0.393 e. The SMILES string of the molecule is CC(C)C(O)CCNC(=O)Nc1ccc(S(C)=O)c(F)c1. The number of halogens is 1. The number of hydrogen-bond acceptors (Lipinski definition) is 3. The van der Waals surface area contributed by atoms with Crippen molar-refractivity contribution in [2.75, 3.05) is 18.1 Å². The number of carbonyl (C=O) groups excluding carboxylic acids is 1. The fraction of sp³-hybridized carbons (Fsp3) is 0.500. The van der Waals surface area contributed by atoms with E-state index in [4.69, 9.17) is 0 Å². The minimum absolute atomic E-state index is 0.0982. The predicted octanol–water partition coefficient (Wildman–Crippen LogP) is 2.09. The third-order valence-electron chi connectivity index (χ3n) is 2.99. The van der Waals surface area contributed by atoms with Gasteiger partial charge in [-0.25, -0.2) is 9.18 Å². The summed E-state index contributed by atoms with van der Waals surface area (Å²) in [6.45, 7) is 4.12. The van der Waals surface area contributed by atoms with Crippen LogP contribution in [0, 0.1) is 11.7 Å². The van der Waals surface area contributed by atoms with Gasteiger partial charge in [0.05, 0.1) is 21.8 Å². The van der Waals surface area contributed by atoms with Crippen molar-refractivity contribution in [2.24, 2.45) is 5.92 Å². The maximum atomic E-state index is 13.6. The molecule has 1 aromatic rings. The number of aliphatic hydroxyl groups excluding tert-OH is 1. The summed E-state index contributed by atoms with van der Waals surface area (Å²) in [5.41, 5.74) is 0.281. The van der Waals surface area contributed by atoms with E-state index in [-0.39, 0.29) is 16.5 Å². The normalized spacial score (nSPS) is 13.8. The van der Waals surface area contributed by atoms with Gasteiger partial charge in [0.1, 0.15) is 5.82 Å². The molecule has 0 radical (unpaired) electrons. The van der Waals surface area contributed by atoms with Crippen molar-refractivity contribution >= 4 is 22.5 Å². The van der Waals surface area contributed by atoms with Crippen LogP contribution in [0.5, 0.6) is 0 Å². The van der Waals surface area contributed by atoms with Crippen LogP contribution in [0.25, 0.3) is 0 Å². The third kappa shape index (κ3) is 5.81. The van der Waals surface area contributed by atoms with Gasteiger partial charge in [-0.15, -0.1) is 0 Å². The van der Waals surface area contributed by atoms with Crippen molar-refractivity contribution in [1.82, 2.24) is 5.32 Å². The summed E-state index contributed by atoms with van der Waals surface area (Å²) in [4.78, 5) is 11.7. The molecular formula is C14H21FN2O3S. The molecule has 1 aromatic carbocycles. The average Bonchev–Trinajstić information content (AvgIpc) is 2.37. The second-order valence-electron chi connectivity index (χ2n) is 5.08. The number of amides is 2. The molecule has 0 aliphatic carbocycles. The van der Waals surface area contributed by atoms with Crippen molar-refractivity contribution in [3.05, 3.63) is 24.0 Å². The van der Waals surface area contributed by atoms with Crippen LogP contribution in [0.4, 0.5) is 14.9 Å². The number of carbonyl (C=O) groups is 1. The topological polar surface area (TPSA) is 78.4 Å². The standard InChI is InChI=1S/C14H21FN2O3S/c1-9(2)12(18)6-7-16-14(19)17-10-4-5-13(21(3)20)11(15)8-10/h4-5,8-9,12,18H,6-7H2,1-3H3,(H2,16,17,19). The fourth-order valence-corrected chi connectivity index (χ4v) is 2.25. The van der Waals surface area contributed by atoms with Crippen LogP contribution in [-0.4, -0.2) is 34.3 Å². The van der Waals surface area contributed by atoms with E-state index in [0.29, 0.717) is 13.0 Å². The van der Waals surface area contributed by atoms with Gasteiger partial charge in [-0.1, -0.05) is 13.8 Å². The lowest BCUT2D eigenvalue weighted by Crippen LogP contribution is -2.32. The maximum absolute atomic E-state index is 13.6. The molecule has 2 unspecified atom stereocenters. The zero-order valence-corrected chi connectivity index (χ0v) is 13.2. The summed E-state index contributed by atoms with van der Waals surface area (Å²) in [7, 11) is -1.41. The monoisotopic (exact) mass is 316 g/mol. The van der Waals surface area contributed by atoms with Crippen LogP contribution in [0.1, 0.15) is 20.3 Å². The number of urea groups is 1. The number of aliphatic hydroxyl groups is 1. The summed E-state index contributed by atoms with van der Waals surface area (Å²) >= 11 is 0. The molecule has 5 nitrogen and oxygen atoms in total. The first-order chi connectivity index (χ1) is 9.81. The number of nitrogens with one attached hydrogen (secondary N) is 2. The van der Waals surface area contributed by atoms with Crippen molar-refractivity contribution in [3.63, 3.8) is 0 Å². The van der Waals surface area contributed by atoms with E-state index in [9.17, 15) is 18.5 Å². The van der Waals surface area contributed by atoms with Gasteiger partial charge < -0.3 is 15.7 Å². The Bertz CT molecular complexity index is 523. The summed E-state index contributed by atoms with van der Waals surface area (Å²) < 4.78 is 24.8. The van der Waals surface area contributed by atoms with E-state index in [0.717, 1.165) is 6.07 Å². The Morgan fingerprint density at radius 3 is 2.62 bits per heavy atom. The van der Waals surface area contributed by atoms with Crippen LogP contribution in [0.15, 0.2) is 23.1 Å². The number of benzene rings is 1. The van der Waals surface area contributed by atoms with Gasteiger partial charge in [0.25, 0.3) is 0 Å². The van der Waals surface area contributed by atoms with E-state index in [1.807, 2.05) is 13.8 Å². The van der Waals surface area contributed by atoms with Gasteiger partial charge in [0.2, 0.25) is 0 Å². The lowest BCUT2D eigenvalue weighted by atomic mass is 10.0. The quantitative estimate of drug-likeness (QED) is 0.752. The van der Waals surface area contributed by atoms with Crippen molar-refractivity contribution in [1.29, 1.82) is 0 Å². The van der Waals surface area contributed by atoms with E-state index < -0.39 is 28.8 Å². The van der Waals surface area contributed by atoms with Gasteiger partial charge in [-0.3, -0.25) is 4.21 Å². The summed E-state index contributed by atoms with van der Waals surface area (Å²) in [6.07, 6.45) is 1.37. The molecule has 0 aliphatic rings. The second-order valence-corrected chi connectivity index (χ2v) is 6.43. The molecule has 0 bridgehead atoms. The Morgan fingerprint density at radius 2 is 2.10 bits per heavy atom. The zero-order valence-electron chi connectivity index (χ0n) is 12.4. The molecule has 0 saturated carbocycles. The highest BCUT2D eigenvalue weighted by atomic mass is 32.2. The minimum atomic E-state index is -1.41. The highest BCUT2D eigenvalue weighted by Gasteiger charge is 2.11. The Hall–Kier alpha value is -1.47. The van der Waals surface area contributed by atoms with E-state index in [1.165, 1.54) is 18.4 Å². The van der Waals surface area contributed by atoms with Crippen LogP contribution < -0.4 is 10.6 Å². The molecule has 0 heterocycles. The first-order valence-corrected chi connectivity index (χ1v) is 8.23. The molecule has 0 saturated heterocycles. The first-order valence-electron chi connectivity index (χ1n) is 6.67. The molecule has 118 valence electrons. The Balaban J connectivity index is 2.48. The summed E-state index contributed by atoms with van der Waals surface area (Å²) in [6, 6.07) is 3.52. The molecule has 0 aromatic heterocycles. The molecule has 21 heavy (non-hydrogen) atoms. The third-order valence-corrected chi connectivity index (χ3v) is 3.95. The Kier molecular flexibility index (Phi) is 6.77. The average molecular weight is 316 g/mol. The van der Waals surface area contributed by atoms with Gasteiger partial charge in [-0.2, -0.15) is 0 Å². The zero-order chi connectivity index (χ0) is 16.0. The van der Waals surface area contributed by atoms with Crippen molar-refractivity contribution in [2.45, 2.75) is 31.3 Å². The van der Waals surface area contributed by atoms with E-state index in [2.05, 4.69) is 10.6 Å². The number of rotatable bonds is 6. The number of hydrogen-bond donors (Lipinski definition) is 3. The van der Waals surface area contributed by atoms with Gasteiger partial charge in [-0.05, 0) is 30.5 Å². The minimum Gasteiger partial charge on any atom is -0.393 e. The molecule has 1 rings (SSSR count). The van der Waals surface area contributed by atoms with Crippen molar-refractivity contribution < 1.29 is 18.5 Å². The van der Waals surface area contributed by atoms with Gasteiger partial charge in [0, 0.05) is 18.5 Å². The molecule has 2 atom stereocenters.